The summed E-state index contributed by atoms with van der Waals surface area (Å²) in [6.45, 7) is 8.06. The molecule has 0 aliphatic rings. The van der Waals surface area contributed by atoms with E-state index < -0.39 is 5.97 Å². The standard InChI is InChI=1S/C17H20N2O2/c1-11(2)14-10-18-15(12(3)4)16(19-14)21-17(20)13-8-6-5-7-9-13/h5-12H,1-4H3. The van der Waals surface area contributed by atoms with E-state index in [1.807, 2.05) is 33.8 Å². The lowest BCUT2D eigenvalue weighted by Gasteiger charge is -2.13. The van der Waals surface area contributed by atoms with Crippen LogP contribution in [0.2, 0.25) is 0 Å². The SMILES string of the molecule is CC(C)c1cnc(C(C)C)c(OC(=O)c2ccccc2)n1. The van der Waals surface area contributed by atoms with E-state index >= 15 is 0 Å². The van der Waals surface area contributed by atoms with Crippen molar-refractivity contribution in [3.8, 4) is 5.88 Å². The number of esters is 1. The Balaban J connectivity index is 2.33. The lowest BCUT2D eigenvalue weighted by atomic mass is 10.1. The van der Waals surface area contributed by atoms with E-state index in [2.05, 4.69) is 9.97 Å². The van der Waals surface area contributed by atoms with Gasteiger partial charge in [-0.3, -0.25) is 4.98 Å². The summed E-state index contributed by atoms with van der Waals surface area (Å²) in [4.78, 5) is 21.0. The van der Waals surface area contributed by atoms with Gasteiger partial charge >= 0.3 is 5.97 Å². The van der Waals surface area contributed by atoms with Crippen LogP contribution < -0.4 is 4.74 Å². The fourth-order valence-electron chi connectivity index (χ4n) is 1.86. The largest absolute Gasteiger partial charge is 0.402 e. The average Bonchev–Trinajstić information content (AvgIpc) is 2.47. The molecular weight excluding hydrogens is 264 g/mol. The Hall–Kier alpha value is -2.23. The maximum atomic E-state index is 12.2. The van der Waals surface area contributed by atoms with Crippen LogP contribution in [0.4, 0.5) is 0 Å². The average molecular weight is 284 g/mol. The summed E-state index contributed by atoms with van der Waals surface area (Å²) < 4.78 is 5.47. The quantitative estimate of drug-likeness (QED) is 0.798. The second-order valence-corrected chi connectivity index (χ2v) is 5.55. The van der Waals surface area contributed by atoms with Gasteiger partial charge in [0.2, 0.25) is 5.88 Å². The van der Waals surface area contributed by atoms with Crippen molar-refractivity contribution in [2.24, 2.45) is 0 Å². The third-order valence-corrected chi connectivity index (χ3v) is 3.12. The Morgan fingerprint density at radius 1 is 1.05 bits per heavy atom. The maximum Gasteiger partial charge on any atom is 0.344 e. The third-order valence-electron chi connectivity index (χ3n) is 3.12. The molecule has 0 amide bonds. The zero-order valence-corrected chi connectivity index (χ0v) is 12.8. The molecule has 2 rings (SSSR count). The van der Waals surface area contributed by atoms with Gasteiger partial charge in [-0.05, 0) is 18.1 Å². The summed E-state index contributed by atoms with van der Waals surface area (Å²) in [5.41, 5.74) is 2.02. The number of carbonyl (C=O) groups is 1. The number of rotatable bonds is 4. The molecule has 110 valence electrons. The molecule has 1 heterocycles. The maximum absolute atomic E-state index is 12.2. The molecule has 0 atom stereocenters. The first-order chi connectivity index (χ1) is 9.99. The van der Waals surface area contributed by atoms with Crippen LogP contribution in [-0.2, 0) is 0 Å². The van der Waals surface area contributed by atoms with Gasteiger partial charge in [-0.2, -0.15) is 0 Å². The minimum absolute atomic E-state index is 0.136. The number of ether oxygens (including phenoxy) is 1. The van der Waals surface area contributed by atoms with Gasteiger partial charge in [-0.25, -0.2) is 9.78 Å². The highest BCUT2D eigenvalue weighted by Gasteiger charge is 2.18. The van der Waals surface area contributed by atoms with E-state index in [0.29, 0.717) is 17.1 Å². The van der Waals surface area contributed by atoms with Gasteiger partial charge in [0.25, 0.3) is 0 Å². The van der Waals surface area contributed by atoms with E-state index in [0.717, 1.165) is 5.69 Å². The summed E-state index contributed by atoms with van der Waals surface area (Å²) >= 11 is 0. The van der Waals surface area contributed by atoms with Gasteiger partial charge in [0.1, 0.15) is 5.69 Å². The van der Waals surface area contributed by atoms with Crippen LogP contribution in [0.1, 0.15) is 61.3 Å². The van der Waals surface area contributed by atoms with E-state index in [1.165, 1.54) is 0 Å². The fraction of sp³-hybridized carbons (Fsp3) is 0.353. The van der Waals surface area contributed by atoms with Crippen molar-refractivity contribution in [3.63, 3.8) is 0 Å². The van der Waals surface area contributed by atoms with Crippen LogP contribution in [0.3, 0.4) is 0 Å². The van der Waals surface area contributed by atoms with Crippen LogP contribution in [0.25, 0.3) is 0 Å². The van der Waals surface area contributed by atoms with E-state index in [9.17, 15) is 4.79 Å². The smallest absolute Gasteiger partial charge is 0.344 e. The molecule has 0 saturated heterocycles. The second-order valence-electron chi connectivity index (χ2n) is 5.55. The Labute approximate surface area is 125 Å². The third kappa shape index (κ3) is 3.66. The number of carbonyl (C=O) groups excluding carboxylic acids is 1. The molecule has 0 aliphatic heterocycles. The van der Waals surface area contributed by atoms with Crippen molar-refractivity contribution < 1.29 is 9.53 Å². The predicted molar refractivity (Wildman–Crippen MR) is 81.6 cm³/mol. The van der Waals surface area contributed by atoms with Crippen molar-refractivity contribution in [3.05, 3.63) is 53.5 Å². The molecule has 0 unspecified atom stereocenters. The van der Waals surface area contributed by atoms with Gasteiger partial charge in [-0.1, -0.05) is 45.9 Å². The normalized spacial score (nSPS) is 11.0. The molecule has 0 fully saturated rings. The second kappa shape index (κ2) is 6.48. The van der Waals surface area contributed by atoms with E-state index in [-0.39, 0.29) is 11.8 Å². The zero-order valence-electron chi connectivity index (χ0n) is 12.8. The molecule has 0 saturated carbocycles. The molecular formula is C17H20N2O2. The van der Waals surface area contributed by atoms with Crippen molar-refractivity contribution in [2.75, 3.05) is 0 Å². The van der Waals surface area contributed by atoms with Crippen LogP contribution >= 0.6 is 0 Å². The minimum Gasteiger partial charge on any atom is -0.402 e. The van der Waals surface area contributed by atoms with E-state index in [4.69, 9.17) is 4.74 Å². The predicted octanol–water partition coefficient (Wildman–Crippen LogP) is 3.94. The molecule has 1 aromatic carbocycles. The Morgan fingerprint density at radius 2 is 1.71 bits per heavy atom. The molecule has 0 spiro atoms. The molecule has 0 aliphatic carbocycles. The number of hydrogen-bond acceptors (Lipinski definition) is 4. The highest BCUT2D eigenvalue weighted by molar-refractivity contribution is 5.90. The first-order valence-electron chi connectivity index (χ1n) is 7.13. The molecule has 0 N–H and O–H groups in total. The molecule has 21 heavy (non-hydrogen) atoms. The number of nitrogens with zero attached hydrogens (tertiary/aromatic N) is 2. The first-order valence-corrected chi connectivity index (χ1v) is 7.13. The molecule has 0 radical (unpaired) electrons. The lowest BCUT2D eigenvalue weighted by Crippen LogP contribution is -2.13. The Kier molecular flexibility index (Phi) is 4.68. The summed E-state index contributed by atoms with van der Waals surface area (Å²) in [5, 5.41) is 0. The van der Waals surface area contributed by atoms with Gasteiger partial charge < -0.3 is 4.74 Å². The molecule has 0 bridgehead atoms. The summed E-state index contributed by atoms with van der Waals surface area (Å²) in [7, 11) is 0. The Morgan fingerprint density at radius 3 is 2.29 bits per heavy atom. The zero-order chi connectivity index (χ0) is 15.4. The highest BCUT2D eigenvalue weighted by Crippen LogP contribution is 2.25. The van der Waals surface area contributed by atoms with Gasteiger partial charge in [0.05, 0.1) is 11.3 Å². The van der Waals surface area contributed by atoms with Crippen LogP contribution in [0.5, 0.6) is 5.88 Å². The van der Waals surface area contributed by atoms with Gasteiger partial charge in [-0.15, -0.1) is 0 Å². The fourth-order valence-corrected chi connectivity index (χ4v) is 1.86. The van der Waals surface area contributed by atoms with Crippen molar-refractivity contribution in [1.29, 1.82) is 0 Å². The monoisotopic (exact) mass is 284 g/mol. The van der Waals surface area contributed by atoms with E-state index in [1.54, 1.807) is 30.5 Å². The summed E-state index contributed by atoms with van der Waals surface area (Å²) in [6.07, 6.45) is 1.75. The summed E-state index contributed by atoms with van der Waals surface area (Å²) in [5.74, 6) is 0.267. The molecule has 4 nitrogen and oxygen atoms in total. The van der Waals surface area contributed by atoms with Crippen molar-refractivity contribution in [1.82, 2.24) is 9.97 Å². The van der Waals surface area contributed by atoms with Crippen LogP contribution in [-0.4, -0.2) is 15.9 Å². The number of aromatic nitrogens is 2. The van der Waals surface area contributed by atoms with Gasteiger partial charge in [0.15, 0.2) is 0 Å². The van der Waals surface area contributed by atoms with Crippen LogP contribution in [0, 0.1) is 0 Å². The summed E-state index contributed by atoms with van der Waals surface area (Å²) in [6, 6.07) is 8.90. The topological polar surface area (TPSA) is 52.1 Å². The minimum atomic E-state index is -0.410. The van der Waals surface area contributed by atoms with Crippen LogP contribution in [0.15, 0.2) is 36.5 Å². The van der Waals surface area contributed by atoms with Crippen molar-refractivity contribution in [2.45, 2.75) is 39.5 Å². The highest BCUT2D eigenvalue weighted by atomic mass is 16.5. The lowest BCUT2D eigenvalue weighted by molar-refractivity contribution is 0.0724. The number of benzene rings is 1. The van der Waals surface area contributed by atoms with Gasteiger partial charge in [0, 0.05) is 12.1 Å². The number of hydrogen-bond donors (Lipinski definition) is 0. The molecule has 2 aromatic rings. The van der Waals surface area contributed by atoms with Crippen molar-refractivity contribution >= 4 is 5.97 Å². The molecule has 4 heteroatoms. The first kappa shape index (κ1) is 15.2. The molecule has 1 aromatic heterocycles. The Bertz CT molecular complexity index is 622.